The molecule has 1 N–H and O–H groups in total. The second-order valence-corrected chi connectivity index (χ2v) is 8.63. The number of rotatable bonds is 8. The van der Waals surface area contributed by atoms with Crippen LogP contribution < -0.4 is 5.32 Å². The van der Waals surface area contributed by atoms with Crippen LogP contribution in [0.15, 0.2) is 52.5 Å². The van der Waals surface area contributed by atoms with Crippen molar-refractivity contribution in [2.75, 3.05) is 11.9 Å². The molecule has 9 heteroatoms. The van der Waals surface area contributed by atoms with Crippen LogP contribution >= 0.6 is 11.3 Å². The number of thiazole rings is 1. The molecular formula is C23H23N3O5S. The SMILES string of the molecule is Cc1ccc(NC(=O)Cc2nc(COC(=O)[C@H]3CC(=O)N(Cc4ccco4)C3)cs2)cc1. The molecule has 4 rings (SSSR count). The van der Waals surface area contributed by atoms with Crippen LogP contribution in [0.4, 0.5) is 5.69 Å². The lowest BCUT2D eigenvalue weighted by atomic mass is 10.1. The second kappa shape index (κ2) is 9.78. The first-order valence-electron chi connectivity index (χ1n) is 10.2. The maximum Gasteiger partial charge on any atom is 0.311 e. The molecule has 0 aliphatic carbocycles. The maximum absolute atomic E-state index is 12.4. The van der Waals surface area contributed by atoms with Crippen molar-refractivity contribution in [2.24, 2.45) is 5.92 Å². The van der Waals surface area contributed by atoms with Crippen LogP contribution in [0.1, 0.15) is 28.4 Å². The van der Waals surface area contributed by atoms with Gasteiger partial charge in [-0.05, 0) is 31.2 Å². The summed E-state index contributed by atoms with van der Waals surface area (Å²) in [4.78, 5) is 42.8. The summed E-state index contributed by atoms with van der Waals surface area (Å²) < 4.78 is 10.6. The van der Waals surface area contributed by atoms with E-state index in [9.17, 15) is 14.4 Å². The Morgan fingerprint density at radius 3 is 2.84 bits per heavy atom. The molecule has 0 bridgehead atoms. The van der Waals surface area contributed by atoms with E-state index in [4.69, 9.17) is 9.15 Å². The Bertz CT molecular complexity index is 1090. The average Bonchev–Trinajstić information content (AvgIpc) is 3.51. The van der Waals surface area contributed by atoms with Gasteiger partial charge in [-0.2, -0.15) is 0 Å². The molecule has 166 valence electrons. The number of ether oxygens (including phenoxy) is 1. The van der Waals surface area contributed by atoms with E-state index in [1.165, 1.54) is 11.3 Å². The monoisotopic (exact) mass is 453 g/mol. The summed E-state index contributed by atoms with van der Waals surface area (Å²) >= 11 is 1.34. The van der Waals surface area contributed by atoms with Crippen molar-refractivity contribution in [1.29, 1.82) is 0 Å². The van der Waals surface area contributed by atoms with E-state index in [1.54, 1.807) is 28.7 Å². The fraction of sp³-hybridized carbons (Fsp3) is 0.304. The van der Waals surface area contributed by atoms with Gasteiger partial charge in [0.25, 0.3) is 0 Å². The van der Waals surface area contributed by atoms with Gasteiger partial charge in [-0.25, -0.2) is 4.98 Å². The van der Waals surface area contributed by atoms with Crippen molar-refractivity contribution in [3.05, 3.63) is 70.1 Å². The molecule has 1 aliphatic heterocycles. The topological polar surface area (TPSA) is 102 Å². The van der Waals surface area contributed by atoms with Crippen molar-refractivity contribution in [3.63, 3.8) is 0 Å². The molecule has 8 nitrogen and oxygen atoms in total. The third-order valence-electron chi connectivity index (χ3n) is 5.08. The van der Waals surface area contributed by atoms with E-state index >= 15 is 0 Å². The average molecular weight is 454 g/mol. The van der Waals surface area contributed by atoms with Gasteiger partial charge in [0, 0.05) is 24.0 Å². The number of furan rings is 1. The summed E-state index contributed by atoms with van der Waals surface area (Å²) in [6, 6.07) is 11.1. The lowest BCUT2D eigenvalue weighted by molar-refractivity contribution is -0.149. The predicted octanol–water partition coefficient (Wildman–Crippen LogP) is 3.32. The zero-order chi connectivity index (χ0) is 22.5. The number of carbonyl (C=O) groups is 3. The lowest BCUT2D eigenvalue weighted by Crippen LogP contribution is -2.26. The summed E-state index contributed by atoms with van der Waals surface area (Å²) in [5.74, 6) is -0.511. The predicted molar refractivity (Wildman–Crippen MR) is 118 cm³/mol. The first-order valence-corrected chi connectivity index (χ1v) is 11.1. The molecule has 32 heavy (non-hydrogen) atoms. The fourth-order valence-electron chi connectivity index (χ4n) is 3.41. The molecule has 0 unspecified atom stereocenters. The highest BCUT2D eigenvalue weighted by atomic mass is 32.1. The minimum atomic E-state index is -0.504. The number of anilines is 1. The fourth-order valence-corrected chi connectivity index (χ4v) is 4.19. The van der Waals surface area contributed by atoms with E-state index in [-0.39, 0.29) is 31.3 Å². The molecular weight excluding hydrogens is 430 g/mol. The minimum absolute atomic E-state index is 0.0117. The minimum Gasteiger partial charge on any atom is -0.467 e. The van der Waals surface area contributed by atoms with Gasteiger partial charge in [-0.3, -0.25) is 14.4 Å². The van der Waals surface area contributed by atoms with Crippen LogP contribution in [0.3, 0.4) is 0 Å². The number of esters is 1. The summed E-state index contributed by atoms with van der Waals surface area (Å²) in [6.07, 6.45) is 1.82. The quantitative estimate of drug-likeness (QED) is 0.525. The lowest BCUT2D eigenvalue weighted by Gasteiger charge is -2.14. The van der Waals surface area contributed by atoms with Gasteiger partial charge >= 0.3 is 5.97 Å². The van der Waals surface area contributed by atoms with Gasteiger partial charge < -0.3 is 19.4 Å². The molecule has 3 heterocycles. The highest BCUT2D eigenvalue weighted by Crippen LogP contribution is 2.22. The number of hydrogen-bond acceptors (Lipinski definition) is 7. The Morgan fingerprint density at radius 2 is 2.09 bits per heavy atom. The zero-order valence-corrected chi connectivity index (χ0v) is 18.4. The van der Waals surface area contributed by atoms with Gasteiger partial charge in [0.1, 0.15) is 17.4 Å². The molecule has 1 aliphatic rings. The number of likely N-dealkylation sites (tertiary alicyclic amines) is 1. The molecule has 0 radical (unpaired) electrons. The number of nitrogens with one attached hydrogen (secondary N) is 1. The van der Waals surface area contributed by atoms with Gasteiger partial charge in [0.05, 0.1) is 30.8 Å². The summed E-state index contributed by atoms with van der Waals surface area (Å²) in [6.45, 7) is 2.64. The Balaban J connectivity index is 1.23. The Kier molecular flexibility index (Phi) is 6.65. The normalized spacial score (nSPS) is 15.7. The largest absolute Gasteiger partial charge is 0.467 e. The highest BCUT2D eigenvalue weighted by molar-refractivity contribution is 7.09. The van der Waals surface area contributed by atoms with Crippen molar-refractivity contribution >= 4 is 34.8 Å². The Labute approximate surface area is 189 Å². The van der Waals surface area contributed by atoms with Crippen molar-refractivity contribution in [3.8, 4) is 0 Å². The summed E-state index contributed by atoms with van der Waals surface area (Å²) in [5.41, 5.74) is 2.44. The third-order valence-corrected chi connectivity index (χ3v) is 5.98. The molecule has 2 aromatic heterocycles. The van der Waals surface area contributed by atoms with Gasteiger partial charge in [-0.15, -0.1) is 11.3 Å². The van der Waals surface area contributed by atoms with Gasteiger partial charge in [0.2, 0.25) is 11.8 Å². The number of carbonyl (C=O) groups excluding carboxylic acids is 3. The van der Waals surface area contributed by atoms with Crippen LogP contribution in [0, 0.1) is 12.8 Å². The number of nitrogens with zero attached hydrogens (tertiary/aromatic N) is 2. The molecule has 2 amide bonds. The smallest absolute Gasteiger partial charge is 0.311 e. The molecule has 0 saturated carbocycles. The van der Waals surface area contributed by atoms with Crippen LogP contribution in [-0.2, 0) is 38.7 Å². The van der Waals surface area contributed by atoms with Gasteiger partial charge in [0.15, 0.2) is 0 Å². The molecule has 1 atom stereocenters. The second-order valence-electron chi connectivity index (χ2n) is 7.69. The molecule has 1 aromatic carbocycles. The van der Waals surface area contributed by atoms with E-state index < -0.39 is 11.9 Å². The standard InChI is InChI=1S/C23H23N3O5S/c1-15-4-6-17(7-5-15)24-20(27)10-21-25-18(14-32-21)13-31-23(29)16-9-22(28)26(11-16)12-19-3-2-8-30-19/h2-8,14,16H,9-13H2,1H3,(H,24,27)/t16-/m0/s1. The molecule has 1 fully saturated rings. The van der Waals surface area contributed by atoms with E-state index in [1.807, 2.05) is 31.2 Å². The first kappa shape index (κ1) is 21.8. The number of benzene rings is 1. The van der Waals surface area contributed by atoms with E-state index in [2.05, 4.69) is 10.3 Å². The number of hydrogen-bond donors (Lipinski definition) is 1. The van der Waals surface area contributed by atoms with Crippen molar-refractivity contribution in [1.82, 2.24) is 9.88 Å². The Morgan fingerprint density at radius 1 is 1.28 bits per heavy atom. The first-order chi connectivity index (χ1) is 15.5. The zero-order valence-electron chi connectivity index (χ0n) is 17.6. The third kappa shape index (κ3) is 5.61. The van der Waals surface area contributed by atoms with E-state index in [0.29, 0.717) is 29.6 Å². The molecule has 3 aromatic rings. The Hall–Kier alpha value is -3.46. The van der Waals surface area contributed by atoms with Crippen LogP contribution in [-0.4, -0.2) is 34.2 Å². The number of aryl methyl sites for hydroxylation is 1. The molecule has 0 spiro atoms. The van der Waals surface area contributed by atoms with Crippen molar-refractivity contribution in [2.45, 2.75) is 32.9 Å². The number of amides is 2. The summed E-state index contributed by atoms with van der Waals surface area (Å²) in [5, 5.41) is 5.25. The highest BCUT2D eigenvalue weighted by Gasteiger charge is 2.35. The van der Waals surface area contributed by atoms with Crippen LogP contribution in [0.25, 0.3) is 0 Å². The van der Waals surface area contributed by atoms with E-state index in [0.717, 1.165) is 11.3 Å². The number of aromatic nitrogens is 1. The maximum atomic E-state index is 12.4. The van der Waals surface area contributed by atoms with Crippen molar-refractivity contribution < 1.29 is 23.5 Å². The van der Waals surface area contributed by atoms with Crippen LogP contribution in [0.2, 0.25) is 0 Å². The molecule has 1 saturated heterocycles. The van der Waals surface area contributed by atoms with Crippen LogP contribution in [0.5, 0.6) is 0 Å². The van der Waals surface area contributed by atoms with Gasteiger partial charge in [-0.1, -0.05) is 17.7 Å². The summed E-state index contributed by atoms with van der Waals surface area (Å²) in [7, 11) is 0.